The number of alkyl halides is 7. The first kappa shape index (κ1) is 18.6. The van der Waals surface area contributed by atoms with Gasteiger partial charge in [-0.05, 0) is 6.92 Å². The zero-order chi connectivity index (χ0) is 15.5. The fraction of sp³-hybridized carbons (Fsp3) is 1.00. The van der Waals surface area contributed by atoms with Crippen molar-refractivity contribution in [3.8, 4) is 0 Å². The summed E-state index contributed by atoms with van der Waals surface area (Å²) in [6.07, 6.45) is -3.45. The predicted molar refractivity (Wildman–Crippen MR) is 52.5 cm³/mol. The number of halogens is 7. The van der Waals surface area contributed by atoms with Gasteiger partial charge in [-0.1, -0.05) is 0 Å². The molecule has 0 aliphatic rings. The van der Waals surface area contributed by atoms with Crippen molar-refractivity contribution in [2.24, 2.45) is 0 Å². The van der Waals surface area contributed by atoms with Crippen LogP contribution in [0.4, 0.5) is 30.7 Å². The molecule has 0 aromatic rings. The molecular formula is C8H13F7O3Si. The smallest absolute Gasteiger partial charge is 0.379 e. The van der Waals surface area contributed by atoms with Gasteiger partial charge in [0, 0.05) is 14.2 Å². The molecule has 116 valence electrons. The van der Waals surface area contributed by atoms with Crippen LogP contribution in [0.2, 0.25) is 0 Å². The summed E-state index contributed by atoms with van der Waals surface area (Å²) in [7, 11) is -1.08. The Bertz CT molecular complexity index is 284. The Labute approximate surface area is 106 Å². The van der Waals surface area contributed by atoms with Crippen LogP contribution in [0.25, 0.3) is 0 Å². The van der Waals surface area contributed by atoms with Crippen LogP contribution in [-0.4, -0.2) is 54.3 Å². The van der Waals surface area contributed by atoms with Crippen molar-refractivity contribution in [2.45, 2.75) is 30.9 Å². The van der Waals surface area contributed by atoms with E-state index in [1.807, 2.05) is 0 Å². The molecule has 0 N–H and O–H groups in total. The predicted octanol–water partition coefficient (Wildman–Crippen LogP) is 2.28. The summed E-state index contributed by atoms with van der Waals surface area (Å²) in [5.41, 5.74) is 0. The van der Waals surface area contributed by atoms with Gasteiger partial charge in [0.15, 0.2) is 6.17 Å². The molecule has 0 heterocycles. The lowest BCUT2D eigenvalue weighted by Gasteiger charge is -2.33. The zero-order valence-corrected chi connectivity index (χ0v) is 11.4. The Morgan fingerprint density at radius 3 is 1.74 bits per heavy atom. The maximum Gasteiger partial charge on any atom is 0.483 e. The summed E-state index contributed by atoms with van der Waals surface area (Å²) in [6, 6.07) is 0. The maximum absolute atomic E-state index is 13.1. The molecule has 0 saturated carbocycles. The Morgan fingerprint density at radius 2 is 1.42 bits per heavy atom. The van der Waals surface area contributed by atoms with Gasteiger partial charge in [0.25, 0.3) is 0 Å². The molecule has 1 unspecified atom stereocenters. The molecular weight excluding hydrogens is 305 g/mol. The van der Waals surface area contributed by atoms with E-state index in [0.29, 0.717) is 0 Å². The summed E-state index contributed by atoms with van der Waals surface area (Å²) < 4.78 is 103. The molecule has 0 fully saturated rings. The molecule has 0 bridgehead atoms. The fourth-order valence-corrected chi connectivity index (χ4v) is 1.80. The second-order valence-corrected chi connectivity index (χ2v) is 5.44. The van der Waals surface area contributed by atoms with Crippen molar-refractivity contribution in [1.29, 1.82) is 0 Å². The van der Waals surface area contributed by atoms with Gasteiger partial charge in [-0.15, -0.1) is 0 Å². The van der Waals surface area contributed by atoms with E-state index in [1.165, 1.54) is 0 Å². The quantitative estimate of drug-likeness (QED) is 0.508. The normalized spacial score (nSPS) is 15.9. The van der Waals surface area contributed by atoms with E-state index in [1.54, 1.807) is 0 Å². The van der Waals surface area contributed by atoms with E-state index in [9.17, 15) is 30.7 Å². The SMILES string of the molecule is CO[SiH](OC)OCC(F)(F)C(F)(F)C(F)(F)C(C)F. The first-order chi connectivity index (χ1) is 8.44. The second kappa shape index (κ2) is 6.37. The molecule has 0 rings (SSSR count). The molecule has 0 aliphatic carbocycles. The largest absolute Gasteiger partial charge is 0.483 e. The van der Waals surface area contributed by atoms with E-state index in [-0.39, 0.29) is 6.92 Å². The number of hydrogen-bond donors (Lipinski definition) is 0. The molecule has 11 heteroatoms. The summed E-state index contributed by atoms with van der Waals surface area (Å²) in [6.45, 7) is -2.01. The average Bonchev–Trinajstić information content (AvgIpc) is 2.29. The minimum Gasteiger partial charge on any atom is -0.379 e. The van der Waals surface area contributed by atoms with Gasteiger partial charge in [-0.2, -0.15) is 26.3 Å². The Morgan fingerprint density at radius 1 is 1.00 bits per heavy atom. The van der Waals surface area contributed by atoms with E-state index >= 15 is 0 Å². The van der Waals surface area contributed by atoms with Crippen LogP contribution in [0, 0.1) is 0 Å². The standard InChI is InChI=1S/C8H13F7O3Si/c1-5(9)7(12,13)8(14,15)6(10,11)4-18-19(16-2)17-3/h5,19H,4H2,1-3H3. The van der Waals surface area contributed by atoms with Crippen molar-refractivity contribution in [1.82, 2.24) is 0 Å². The van der Waals surface area contributed by atoms with Gasteiger partial charge >= 0.3 is 27.3 Å². The van der Waals surface area contributed by atoms with Gasteiger partial charge in [0.05, 0.1) is 0 Å². The summed E-state index contributed by atoms with van der Waals surface area (Å²) in [5, 5.41) is 0. The van der Waals surface area contributed by atoms with Crippen molar-refractivity contribution in [3.63, 3.8) is 0 Å². The third kappa shape index (κ3) is 3.80. The molecule has 0 spiro atoms. The van der Waals surface area contributed by atoms with E-state index in [2.05, 4.69) is 13.3 Å². The van der Waals surface area contributed by atoms with Crippen LogP contribution in [0.15, 0.2) is 0 Å². The molecule has 1 atom stereocenters. The molecule has 0 amide bonds. The van der Waals surface area contributed by atoms with Crippen molar-refractivity contribution in [2.75, 3.05) is 20.8 Å². The highest BCUT2D eigenvalue weighted by Gasteiger charge is 2.73. The minimum absolute atomic E-state index is 0.0622. The minimum atomic E-state index is -5.91. The lowest BCUT2D eigenvalue weighted by molar-refractivity contribution is -0.329. The molecule has 0 radical (unpaired) electrons. The highest BCUT2D eigenvalue weighted by atomic mass is 28.3. The summed E-state index contributed by atoms with van der Waals surface area (Å²) in [5.74, 6) is -16.7. The maximum atomic E-state index is 13.1. The highest BCUT2D eigenvalue weighted by Crippen LogP contribution is 2.48. The van der Waals surface area contributed by atoms with Crippen LogP contribution in [-0.2, 0) is 13.3 Å². The Hall–Kier alpha value is -0.393. The molecule has 3 nitrogen and oxygen atoms in total. The van der Waals surface area contributed by atoms with Gasteiger partial charge in [0.2, 0.25) is 0 Å². The third-order valence-electron chi connectivity index (χ3n) is 2.16. The molecule has 19 heavy (non-hydrogen) atoms. The molecule has 0 aliphatic heterocycles. The molecule has 0 saturated heterocycles. The molecule has 0 aromatic heterocycles. The van der Waals surface area contributed by atoms with Crippen molar-refractivity contribution < 1.29 is 44.0 Å². The fourth-order valence-electron chi connectivity index (χ4n) is 0.989. The average molecular weight is 318 g/mol. The van der Waals surface area contributed by atoms with Gasteiger partial charge in [-0.3, -0.25) is 0 Å². The zero-order valence-electron chi connectivity index (χ0n) is 10.2. The lowest BCUT2D eigenvalue weighted by Crippen LogP contribution is -2.59. The lowest BCUT2D eigenvalue weighted by atomic mass is 10.0. The highest BCUT2D eigenvalue weighted by molar-refractivity contribution is 6.36. The topological polar surface area (TPSA) is 27.7 Å². The van der Waals surface area contributed by atoms with Crippen LogP contribution in [0.1, 0.15) is 6.92 Å². The number of rotatable bonds is 8. The Kier molecular flexibility index (Phi) is 6.24. The first-order valence-corrected chi connectivity index (χ1v) is 6.30. The summed E-state index contributed by atoms with van der Waals surface area (Å²) >= 11 is 0. The van der Waals surface area contributed by atoms with Crippen LogP contribution < -0.4 is 0 Å². The first-order valence-electron chi connectivity index (χ1n) is 4.88. The second-order valence-electron chi connectivity index (χ2n) is 3.59. The van der Waals surface area contributed by atoms with Gasteiger partial charge in [-0.25, -0.2) is 4.39 Å². The van der Waals surface area contributed by atoms with E-state index < -0.39 is 40.1 Å². The number of hydrogen-bond acceptors (Lipinski definition) is 3. The van der Waals surface area contributed by atoms with Crippen molar-refractivity contribution >= 4 is 9.53 Å². The van der Waals surface area contributed by atoms with E-state index in [4.69, 9.17) is 0 Å². The van der Waals surface area contributed by atoms with Crippen molar-refractivity contribution in [3.05, 3.63) is 0 Å². The van der Waals surface area contributed by atoms with Gasteiger partial charge in [0.1, 0.15) is 6.61 Å². The van der Waals surface area contributed by atoms with Crippen LogP contribution >= 0.6 is 0 Å². The Balaban J connectivity index is 4.97. The van der Waals surface area contributed by atoms with E-state index in [0.717, 1.165) is 14.2 Å². The molecule has 0 aromatic carbocycles. The monoisotopic (exact) mass is 318 g/mol. The summed E-state index contributed by atoms with van der Waals surface area (Å²) in [4.78, 5) is 0. The van der Waals surface area contributed by atoms with Crippen LogP contribution in [0.5, 0.6) is 0 Å². The third-order valence-corrected chi connectivity index (χ3v) is 3.37. The van der Waals surface area contributed by atoms with Crippen LogP contribution in [0.3, 0.4) is 0 Å². The van der Waals surface area contributed by atoms with Gasteiger partial charge < -0.3 is 13.3 Å².